The second-order valence-corrected chi connectivity index (χ2v) is 4.48. The van der Waals surface area contributed by atoms with E-state index in [9.17, 15) is 0 Å². The topological polar surface area (TPSA) is 0 Å². The van der Waals surface area contributed by atoms with Crippen molar-refractivity contribution in [2.45, 2.75) is 58.8 Å². The summed E-state index contributed by atoms with van der Waals surface area (Å²) in [6, 6.07) is 0. The standard InChI is InChI=1S/C14H24/c1-3-4-5-6-7-8-9-14-11-10-13(2)12-14/h10-13H,3-9H2,1-2H3. The van der Waals surface area contributed by atoms with Crippen molar-refractivity contribution in [3.8, 4) is 0 Å². The van der Waals surface area contributed by atoms with Crippen LogP contribution in [0.4, 0.5) is 0 Å². The van der Waals surface area contributed by atoms with Gasteiger partial charge in [0.05, 0.1) is 0 Å². The maximum Gasteiger partial charge on any atom is -0.00728 e. The number of hydrogen-bond acceptors (Lipinski definition) is 0. The van der Waals surface area contributed by atoms with Gasteiger partial charge in [0.15, 0.2) is 0 Å². The quantitative estimate of drug-likeness (QED) is 0.505. The summed E-state index contributed by atoms with van der Waals surface area (Å²) in [4.78, 5) is 0. The highest BCUT2D eigenvalue weighted by Gasteiger charge is 2.03. The average molecular weight is 192 g/mol. The molecule has 14 heavy (non-hydrogen) atoms. The highest BCUT2D eigenvalue weighted by molar-refractivity contribution is 5.28. The Morgan fingerprint density at radius 2 is 1.79 bits per heavy atom. The van der Waals surface area contributed by atoms with Gasteiger partial charge in [-0.2, -0.15) is 0 Å². The first-order chi connectivity index (χ1) is 6.83. The number of allylic oxidation sites excluding steroid dienone is 4. The zero-order chi connectivity index (χ0) is 10.2. The van der Waals surface area contributed by atoms with Crippen molar-refractivity contribution >= 4 is 0 Å². The molecule has 1 atom stereocenters. The third-order valence-electron chi connectivity index (χ3n) is 2.91. The summed E-state index contributed by atoms with van der Waals surface area (Å²) in [5.74, 6) is 0.685. The van der Waals surface area contributed by atoms with Crippen molar-refractivity contribution in [1.82, 2.24) is 0 Å². The molecule has 80 valence electrons. The van der Waals surface area contributed by atoms with Crippen LogP contribution in [-0.4, -0.2) is 0 Å². The molecule has 1 aliphatic carbocycles. The van der Waals surface area contributed by atoms with Crippen molar-refractivity contribution in [3.05, 3.63) is 23.8 Å². The molecule has 0 fully saturated rings. The molecule has 1 rings (SSSR count). The van der Waals surface area contributed by atoms with Crippen LogP contribution in [0.15, 0.2) is 23.8 Å². The van der Waals surface area contributed by atoms with Crippen LogP contribution in [0, 0.1) is 5.92 Å². The van der Waals surface area contributed by atoms with E-state index in [1.807, 2.05) is 0 Å². The van der Waals surface area contributed by atoms with Crippen LogP contribution in [0.25, 0.3) is 0 Å². The second kappa shape index (κ2) is 6.86. The predicted octanol–water partition coefficient (Wildman–Crippen LogP) is 4.87. The van der Waals surface area contributed by atoms with Gasteiger partial charge in [0.1, 0.15) is 0 Å². The molecule has 0 aromatic rings. The van der Waals surface area contributed by atoms with Gasteiger partial charge in [-0.25, -0.2) is 0 Å². The third kappa shape index (κ3) is 4.64. The van der Waals surface area contributed by atoms with Gasteiger partial charge in [-0.05, 0) is 18.8 Å². The predicted molar refractivity (Wildman–Crippen MR) is 64.4 cm³/mol. The molecule has 0 aliphatic heterocycles. The lowest BCUT2D eigenvalue weighted by Crippen LogP contribution is -1.81. The van der Waals surface area contributed by atoms with E-state index in [-0.39, 0.29) is 0 Å². The van der Waals surface area contributed by atoms with Gasteiger partial charge in [-0.15, -0.1) is 0 Å². The molecule has 0 aromatic carbocycles. The van der Waals surface area contributed by atoms with Crippen molar-refractivity contribution in [1.29, 1.82) is 0 Å². The van der Waals surface area contributed by atoms with Crippen molar-refractivity contribution < 1.29 is 0 Å². The Hall–Kier alpha value is -0.520. The Balaban J connectivity index is 1.94. The Morgan fingerprint density at radius 1 is 1.07 bits per heavy atom. The molecule has 0 nitrogen and oxygen atoms in total. The van der Waals surface area contributed by atoms with Crippen molar-refractivity contribution in [2.24, 2.45) is 5.92 Å². The van der Waals surface area contributed by atoms with E-state index in [1.165, 1.54) is 44.9 Å². The number of hydrogen-bond donors (Lipinski definition) is 0. The average Bonchev–Trinajstić information content (AvgIpc) is 2.58. The molecule has 0 radical (unpaired) electrons. The SMILES string of the molecule is CCCCCCCCC1=CC(C)C=C1. The fourth-order valence-electron chi connectivity index (χ4n) is 2.00. The normalized spacial score (nSPS) is 20.1. The van der Waals surface area contributed by atoms with Crippen LogP contribution >= 0.6 is 0 Å². The van der Waals surface area contributed by atoms with Crippen molar-refractivity contribution in [2.75, 3.05) is 0 Å². The van der Waals surface area contributed by atoms with E-state index >= 15 is 0 Å². The first kappa shape index (κ1) is 11.6. The van der Waals surface area contributed by atoms with Gasteiger partial charge in [0, 0.05) is 0 Å². The van der Waals surface area contributed by atoms with Crippen LogP contribution in [0.1, 0.15) is 58.8 Å². The minimum Gasteiger partial charge on any atom is -0.0776 e. The molecule has 0 bridgehead atoms. The molecule has 0 heteroatoms. The van der Waals surface area contributed by atoms with Gasteiger partial charge < -0.3 is 0 Å². The molecule has 1 unspecified atom stereocenters. The molecule has 0 saturated heterocycles. The Kier molecular flexibility index (Phi) is 5.66. The van der Waals surface area contributed by atoms with E-state index in [4.69, 9.17) is 0 Å². The molecule has 1 aliphatic rings. The summed E-state index contributed by atoms with van der Waals surface area (Å²) in [6.07, 6.45) is 16.7. The van der Waals surface area contributed by atoms with Crippen molar-refractivity contribution in [3.63, 3.8) is 0 Å². The van der Waals surface area contributed by atoms with Crippen LogP contribution in [0.2, 0.25) is 0 Å². The lowest BCUT2D eigenvalue weighted by atomic mass is 10.1. The lowest BCUT2D eigenvalue weighted by molar-refractivity contribution is 0.608. The second-order valence-electron chi connectivity index (χ2n) is 4.48. The van der Waals surface area contributed by atoms with Gasteiger partial charge >= 0.3 is 0 Å². The third-order valence-corrected chi connectivity index (χ3v) is 2.91. The van der Waals surface area contributed by atoms with E-state index in [2.05, 4.69) is 32.1 Å². The van der Waals surface area contributed by atoms with E-state index in [0.717, 1.165) is 0 Å². The van der Waals surface area contributed by atoms with Gasteiger partial charge in [0.2, 0.25) is 0 Å². The maximum absolute atomic E-state index is 2.39. The maximum atomic E-state index is 2.39. The lowest BCUT2D eigenvalue weighted by Gasteiger charge is -2.00. The smallest absolute Gasteiger partial charge is 0.00728 e. The fraction of sp³-hybridized carbons (Fsp3) is 0.714. The molecule has 0 N–H and O–H groups in total. The van der Waals surface area contributed by atoms with E-state index in [1.54, 1.807) is 5.57 Å². The highest BCUT2D eigenvalue weighted by atomic mass is 14.1. The first-order valence-electron chi connectivity index (χ1n) is 6.22. The molecule has 0 saturated carbocycles. The molecule has 0 amide bonds. The molecular weight excluding hydrogens is 168 g/mol. The largest absolute Gasteiger partial charge is 0.0776 e. The zero-order valence-electron chi connectivity index (χ0n) is 9.76. The summed E-state index contributed by atoms with van der Waals surface area (Å²) in [6.45, 7) is 4.53. The van der Waals surface area contributed by atoms with Crippen LogP contribution in [-0.2, 0) is 0 Å². The molecule has 0 aromatic heterocycles. The minimum atomic E-state index is 0.685. The summed E-state index contributed by atoms with van der Waals surface area (Å²) >= 11 is 0. The zero-order valence-corrected chi connectivity index (χ0v) is 9.76. The van der Waals surface area contributed by atoms with Gasteiger partial charge in [-0.1, -0.05) is 69.8 Å². The number of unbranched alkanes of at least 4 members (excludes halogenated alkanes) is 5. The first-order valence-corrected chi connectivity index (χ1v) is 6.22. The summed E-state index contributed by atoms with van der Waals surface area (Å²) in [5, 5.41) is 0. The minimum absolute atomic E-state index is 0.685. The van der Waals surface area contributed by atoms with E-state index < -0.39 is 0 Å². The molecule has 0 heterocycles. The van der Waals surface area contributed by atoms with E-state index in [0.29, 0.717) is 5.92 Å². The Bertz CT molecular complexity index is 198. The van der Waals surface area contributed by atoms with Gasteiger partial charge in [0.25, 0.3) is 0 Å². The molecule has 0 spiro atoms. The van der Waals surface area contributed by atoms with Crippen LogP contribution in [0.3, 0.4) is 0 Å². The monoisotopic (exact) mass is 192 g/mol. The number of rotatable bonds is 7. The Labute approximate surface area is 89.1 Å². The highest BCUT2D eigenvalue weighted by Crippen LogP contribution is 2.20. The summed E-state index contributed by atoms with van der Waals surface area (Å²) < 4.78 is 0. The summed E-state index contributed by atoms with van der Waals surface area (Å²) in [7, 11) is 0. The van der Waals surface area contributed by atoms with Crippen LogP contribution < -0.4 is 0 Å². The fourth-order valence-corrected chi connectivity index (χ4v) is 2.00. The van der Waals surface area contributed by atoms with Gasteiger partial charge in [-0.3, -0.25) is 0 Å². The summed E-state index contributed by atoms with van der Waals surface area (Å²) in [5.41, 5.74) is 1.56. The van der Waals surface area contributed by atoms with Crippen LogP contribution in [0.5, 0.6) is 0 Å². The molecular formula is C14H24. The Morgan fingerprint density at radius 3 is 2.43 bits per heavy atom.